The molecule has 0 radical (unpaired) electrons. The van der Waals surface area contributed by atoms with Crippen LogP contribution in [0.1, 0.15) is 24.1 Å². The minimum absolute atomic E-state index is 0.0718. The molecule has 132 valence electrons. The van der Waals surface area contributed by atoms with Crippen LogP contribution in [0.2, 0.25) is 0 Å². The van der Waals surface area contributed by atoms with E-state index in [4.69, 9.17) is 0 Å². The largest absolute Gasteiger partial charge is 0.336 e. The minimum atomic E-state index is -0.632. The summed E-state index contributed by atoms with van der Waals surface area (Å²) in [6.07, 6.45) is 0.839. The summed E-state index contributed by atoms with van der Waals surface area (Å²) < 4.78 is 1.30. The number of amides is 1. The molecule has 1 aliphatic rings. The van der Waals surface area contributed by atoms with Crippen LogP contribution in [0.5, 0.6) is 0 Å². The van der Waals surface area contributed by atoms with Crippen LogP contribution in [0.3, 0.4) is 0 Å². The number of thiophene rings is 1. The van der Waals surface area contributed by atoms with Crippen molar-refractivity contribution in [2.24, 2.45) is 0 Å². The molecule has 1 unspecified atom stereocenters. The predicted octanol–water partition coefficient (Wildman–Crippen LogP) is 3.12. The summed E-state index contributed by atoms with van der Waals surface area (Å²) in [7, 11) is 0. The van der Waals surface area contributed by atoms with Gasteiger partial charge in [0.15, 0.2) is 0 Å². The fourth-order valence-electron chi connectivity index (χ4n) is 3.31. The Labute approximate surface area is 155 Å². The number of aromatic nitrogens is 2. The van der Waals surface area contributed by atoms with E-state index in [9.17, 15) is 9.59 Å². The van der Waals surface area contributed by atoms with Crippen molar-refractivity contribution in [2.45, 2.75) is 25.9 Å². The molecular weight excluding hydrogens is 346 g/mol. The monoisotopic (exact) mass is 365 g/mol. The quantitative estimate of drug-likeness (QED) is 0.717. The van der Waals surface area contributed by atoms with Crippen LogP contribution in [-0.2, 0) is 17.8 Å². The van der Waals surface area contributed by atoms with Crippen LogP contribution in [0.25, 0.3) is 10.6 Å². The highest BCUT2D eigenvalue weighted by Crippen LogP contribution is 2.23. The standard InChI is InChI=1S/C20H19N3O2S/c1-14(20(25)22-11-10-15-5-2-3-6-16(15)13-22)23-19(24)9-8-17(21-23)18-7-4-12-26-18/h2-9,12,14H,10-11,13H2,1H3. The Morgan fingerprint density at radius 1 is 1.12 bits per heavy atom. The van der Waals surface area contributed by atoms with E-state index in [1.807, 2.05) is 34.5 Å². The molecule has 1 atom stereocenters. The van der Waals surface area contributed by atoms with Crippen LogP contribution in [0.4, 0.5) is 0 Å². The third-order valence-electron chi connectivity index (χ3n) is 4.77. The van der Waals surface area contributed by atoms with Gasteiger partial charge in [-0.2, -0.15) is 5.10 Å². The number of hydrogen-bond donors (Lipinski definition) is 0. The van der Waals surface area contributed by atoms with Gasteiger partial charge < -0.3 is 4.90 Å². The molecule has 4 rings (SSSR count). The van der Waals surface area contributed by atoms with Crippen molar-refractivity contribution in [1.29, 1.82) is 0 Å². The van der Waals surface area contributed by atoms with Gasteiger partial charge in [0.1, 0.15) is 11.7 Å². The average Bonchev–Trinajstić information content (AvgIpc) is 3.21. The van der Waals surface area contributed by atoms with Crippen LogP contribution in [-0.4, -0.2) is 27.1 Å². The van der Waals surface area contributed by atoms with E-state index in [2.05, 4.69) is 17.2 Å². The number of nitrogens with zero attached hydrogens (tertiary/aromatic N) is 3. The van der Waals surface area contributed by atoms with Gasteiger partial charge in [-0.3, -0.25) is 9.59 Å². The molecular formula is C20H19N3O2S. The summed E-state index contributed by atoms with van der Waals surface area (Å²) >= 11 is 1.56. The maximum atomic E-state index is 13.0. The maximum Gasteiger partial charge on any atom is 0.267 e. The van der Waals surface area contributed by atoms with Crippen molar-refractivity contribution >= 4 is 17.2 Å². The lowest BCUT2D eigenvalue weighted by molar-refractivity contribution is -0.135. The number of carbonyl (C=O) groups is 1. The second-order valence-electron chi connectivity index (χ2n) is 6.43. The van der Waals surface area contributed by atoms with Gasteiger partial charge in [0.05, 0.1) is 4.88 Å². The van der Waals surface area contributed by atoms with Crippen molar-refractivity contribution in [1.82, 2.24) is 14.7 Å². The molecule has 0 saturated carbocycles. The van der Waals surface area contributed by atoms with Gasteiger partial charge in [-0.25, -0.2) is 4.68 Å². The smallest absolute Gasteiger partial charge is 0.267 e. The lowest BCUT2D eigenvalue weighted by Crippen LogP contribution is -2.42. The Hall–Kier alpha value is -2.73. The summed E-state index contributed by atoms with van der Waals surface area (Å²) in [6.45, 7) is 2.99. The topological polar surface area (TPSA) is 55.2 Å². The Balaban J connectivity index is 1.60. The molecule has 0 aliphatic carbocycles. The van der Waals surface area contributed by atoms with Crippen LogP contribution >= 0.6 is 11.3 Å². The predicted molar refractivity (Wildman–Crippen MR) is 102 cm³/mol. The van der Waals surface area contributed by atoms with E-state index in [-0.39, 0.29) is 11.5 Å². The SMILES string of the molecule is CC(C(=O)N1CCc2ccccc2C1)n1nc(-c2cccs2)ccc1=O. The molecule has 6 heteroatoms. The third-order valence-corrected chi connectivity index (χ3v) is 5.66. The van der Waals surface area contributed by atoms with Gasteiger partial charge in [0, 0.05) is 19.2 Å². The van der Waals surface area contributed by atoms with E-state index in [1.54, 1.807) is 24.3 Å². The maximum absolute atomic E-state index is 13.0. The number of benzene rings is 1. The van der Waals surface area contributed by atoms with Gasteiger partial charge in [-0.05, 0) is 42.0 Å². The number of carbonyl (C=O) groups excluding carboxylic acids is 1. The van der Waals surface area contributed by atoms with Crippen LogP contribution in [0, 0.1) is 0 Å². The summed E-state index contributed by atoms with van der Waals surface area (Å²) in [4.78, 5) is 28.1. The minimum Gasteiger partial charge on any atom is -0.336 e. The Morgan fingerprint density at radius 2 is 1.92 bits per heavy atom. The fraction of sp³-hybridized carbons (Fsp3) is 0.250. The Morgan fingerprint density at radius 3 is 2.69 bits per heavy atom. The molecule has 3 heterocycles. The van der Waals surface area contributed by atoms with Gasteiger partial charge in [0.25, 0.3) is 5.56 Å². The number of hydrogen-bond acceptors (Lipinski definition) is 4. The highest BCUT2D eigenvalue weighted by atomic mass is 32.1. The molecule has 0 saturated heterocycles. The zero-order valence-electron chi connectivity index (χ0n) is 14.5. The molecule has 1 aliphatic heterocycles. The van der Waals surface area contributed by atoms with E-state index < -0.39 is 6.04 Å². The van der Waals surface area contributed by atoms with Crippen LogP contribution in [0.15, 0.2) is 58.7 Å². The van der Waals surface area contributed by atoms with E-state index in [0.717, 1.165) is 11.3 Å². The summed E-state index contributed by atoms with van der Waals surface area (Å²) in [6, 6.07) is 14.6. The number of fused-ring (bicyclic) bond motifs is 1. The second kappa shape index (κ2) is 6.88. The lowest BCUT2D eigenvalue weighted by atomic mass is 9.99. The summed E-state index contributed by atoms with van der Waals surface area (Å²) in [5.41, 5.74) is 2.91. The summed E-state index contributed by atoms with van der Waals surface area (Å²) in [5.74, 6) is -0.0718. The second-order valence-corrected chi connectivity index (χ2v) is 7.38. The first-order chi connectivity index (χ1) is 12.6. The molecule has 0 spiro atoms. The normalized spacial score (nSPS) is 14.7. The molecule has 26 heavy (non-hydrogen) atoms. The third kappa shape index (κ3) is 3.08. The first kappa shape index (κ1) is 16.7. The molecule has 2 aromatic heterocycles. The average molecular weight is 365 g/mol. The fourth-order valence-corrected chi connectivity index (χ4v) is 4.00. The first-order valence-corrected chi connectivity index (χ1v) is 9.51. The van der Waals surface area contributed by atoms with E-state index in [1.165, 1.54) is 21.9 Å². The lowest BCUT2D eigenvalue weighted by Gasteiger charge is -2.31. The van der Waals surface area contributed by atoms with Crippen LogP contribution < -0.4 is 5.56 Å². The van der Waals surface area contributed by atoms with Gasteiger partial charge >= 0.3 is 0 Å². The van der Waals surface area contributed by atoms with Crippen molar-refractivity contribution in [2.75, 3.05) is 6.54 Å². The summed E-state index contributed by atoms with van der Waals surface area (Å²) in [5, 5.41) is 6.41. The molecule has 1 amide bonds. The zero-order chi connectivity index (χ0) is 18.1. The van der Waals surface area contributed by atoms with Crippen molar-refractivity contribution in [3.8, 4) is 10.6 Å². The highest BCUT2D eigenvalue weighted by Gasteiger charge is 2.26. The molecule has 1 aromatic carbocycles. The Kier molecular flexibility index (Phi) is 4.42. The van der Waals surface area contributed by atoms with Crippen molar-refractivity contribution in [3.05, 3.63) is 75.4 Å². The molecule has 0 bridgehead atoms. The van der Waals surface area contributed by atoms with Crippen molar-refractivity contribution in [3.63, 3.8) is 0 Å². The van der Waals surface area contributed by atoms with Gasteiger partial charge in [-0.1, -0.05) is 30.3 Å². The van der Waals surface area contributed by atoms with E-state index >= 15 is 0 Å². The molecule has 0 N–H and O–H groups in total. The van der Waals surface area contributed by atoms with E-state index in [0.29, 0.717) is 18.8 Å². The molecule has 0 fully saturated rings. The van der Waals surface area contributed by atoms with Gasteiger partial charge in [-0.15, -0.1) is 11.3 Å². The highest BCUT2D eigenvalue weighted by molar-refractivity contribution is 7.13. The Bertz CT molecular complexity index is 994. The molecule has 3 aromatic rings. The molecule has 5 nitrogen and oxygen atoms in total. The zero-order valence-corrected chi connectivity index (χ0v) is 15.3. The van der Waals surface area contributed by atoms with Crippen molar-refractivity contribution < 1.29 is 4.79 Å². The number of rotatable bonds is 3. The van der Waals surface area contributed by atoms with Gasteiger partial charge in [0.2, 0.25) is 5.91 Å². The first-order valence-electron chi connectivity index (χ1n) is 8.63.